The number of hydrogen-bond acceptors (Lipinski definition) is 4. The van der Waals surface area contributed by atoms with Gasteiger partial charge in [-0.15, -0.1) is 0 Å². The SMILES string of the molecule is CN(C)C(=O)CCNC(=O)COc1ccc(CN)cc1. The number of nitrogens with one attached hydrogen (secondary N) is 1. The Balaban J connectivity index is 2.24. The van der Waals surface area contributed by atoms with Gasteiger partial charge in [-0.1, -0.05) is 12.1 Å². The number of benzene rings is 1. The van der Waals surface area contributed by atoms with Crippen LogP contribution in [0.3, 0.4) is 0 Å². The van der Waals surface area contributed by atoms with E-state index < -0.39 is 0 Å². The second kappa shape index (κ2) is 8.16. The minimum atomic E-state index is -0.251. The van der Waals surface area contributed by atoms with Crippen LogP contribution in [0, 0.1) is 0 Å². The van der Waals surface area contributed by atoms with Crippen LogP contribution in [-0.2, 0) is 16.1 Å². The van der Waals surface area contributed by atoms with Crippen LogP contribution in [0.1, 0.15) is 12.0 Å². The number of amides is 2. The Labute approximate surface area is 118 Å². The van der Waals surface area contributed by atoms with Gasteiger partial charge in [0.25, 0.3) is 5.91 Å². The molecule has 0 heterocycles. The van der Waals surface area contributed by atoms with E-state index in [-0.39, 0.29) is 24.8 Å². The van der Waals surface area contributed by atoms with Crippen LogP contribution in [0.2, 0.25) is 0 Å². The Bertz CT molecular complexity index is 443. The van der Waals surface area contributed by atoms with E-state index in [0.717, 1.165) is 5.56 Å². The van der Waals surface area contributed by atoms with Crippen molar-refractivity contribution in [3.63, 3.8) is 0 Å². The molecule has 0 aliphatic rings. The molecule has 0 spiro atoms. The van der Waals surface area contributed by atoms with Gasteiger partial charge in [0.2, 0.25) is 5.91 Å². The van der Waals surface area contributed by atoms with Gasteiger partial charge in [0.1, 0.15) is 5.75 Å². The molecule has 0 atom stereocenters. The maximum absolute atomic E-state index is 11.5. The van der Waals surface area contributed by atoms with Crippen molar-refractivity contribution >= 4 is 11.8 Å². The van der Waals surface area contributed by atoms with E-state index in [1.807, 2.05) is 12.1 Å². The second-order valence-electron chi connectivity index (χ2n) is 4.52. The number of nitrogens with two attached hydrogens (primary N) is 1. The molecule has 0 aromatic heterocycles. The smallest absolute Gasteiger partial charge is 0.257 e. The number of ether oxygens (including phenoxy) is 1. The Morgan fingerprint density at radius 3 is 2.45 bits per heavy atom. The molecule has 2 amide bonds. The molecule has 3 N–H and O–H groups in total. The maximum atomic E-state index is 11.5. The summed E-state index contributed by atoms with van der Waals surface area (Å²) < 4.78 is 5.32. The molecule has 6 heteroatoms. The molecular weight excluding hydrogens is 258 g/mol. The summed E-state index contributed by atoms with van der Waals surface area (Å²) in [4.78, 5) is 24.3. The van der Waals surface area contributed by atoms with Crippen LogP contribution < -0.4 is 15.8 Å². The summed E-state index contributed by atoms with van der Waals surface area (Å²) in [5.74, 6) is 0.338. The first kappa shape index (κ1) is 16.0. The summed E-state index contributed by atoms with van der Waals surface area (Å²) in [7, 11) is 3.36. The number of hydrogen-bond donors (Lipinski definition) is 2. The molecule has 0 saturated heterocycles. The van der Waals surface area contributed by atoms with Gasteiger partial charge >= 0.3 is 0 Å². The summed E-state index contributed by atoms with van der Waals surface area (Å²) >= 11 is 0. The zero-order valence-corrected chi connectivity index (χ0v) is 11.9. The van der Waals surface area contributed by atoms with Crippen molar-refractivity contribution in [1.29, 1.82) is 0 Å². The van der Waals surface area contributed by atoms with Crippen LogP contribution >= 0.6 is 0 Å². The van der Waals surface area contributed by atoms with E-state index in [2.05, 4.69) is 5.32 Å². The van der Waals surface area contributed by atoms with E-state index in [0.29, 0.717) is 18.8 Å². The average molecular weight is 279 g/mol. The standard InChI is InChI=1S/C14H21N3O3/c1-17(2)14(19)7-8-16-13(18)10-20-12-5-3-11(9-15)4-6-12/h3-6H,7-10,15H2,1-2H3,(H,16,18). The minimum Gasteiger partial charge on any atom is -0.484 e. The number of rotatable bonds is 7. The molecule has 6 nitrogen and oxygen atoms in total. The lowest BCUT2D eigenvalue weighted by molar-refractivity contribution is -0.128. The van der Waals surface area contributed by atoms with Crippen LogP contribution in [0.25, 0.3) is 0 Å². The predicted molar refractivity (Wildman–Crippen MR) is 76.1 cm³/mol. The molecule has 0 aliphatic heterocycles. The van der Waals surface area contributed by atoms with Crippen molar-refractivity contribution in [2.75, 3.05) is 27.2 Å². The van der Waals surface area contributed by atoms with Crippen LogP contribution in [0.4, 0.5) is 0 Å². The summed E-state index contributed by atoms with van der Waals surface area (Å²) in [6, 6.07) is 7.24. The second-order valence-corrected chi connectivity index (χ2v) is 4.52. The third-order valence-electron chi connectivity index (χ3n) is 2.69. The fourth-order valence-corrected chi connectivity index (χ4v) is 1.45. The first-order valence-electron chi connectivity index (χ1n) is 6.41. The largest absolute Gasteiger partial charge is 0.484 e. The van der Waals surface area contributed by atoms with Gasteiger partial charge in [-0.3, -0.25) is 9.59 Å². The molecule has 0 bridgehead atoms. The average Bonchev–Trinajstić information content (AvgIpc) is 2.45. The van der Waals surface area contributed by atoms with E-state index >= 15 is 0 Å². The quantitative estimate of drug-likeness (QED) is 0.742. The summed E-state index contributed by atoms with van der Waals surface area (Å²) in [6.45, 7) is 0.712. The fraction of sp³-hybridized carbons (Fsp3) is 0.429. The molecule has 0 saturated carbocycles. The highest BCUT2D eigenvalue weighted by Gasteiger charge is 2.06. The van der Waals surface area contributed by atoms with Crippen molar-refractivity contribution in [2.24, 2.45) is 5.73 Å². The molecule has 1 rings (SSSR count). The highest BCUT2D eigenvalue weighted by molar-refractivity contribution is 5.79. The highest BCUT2D eigenvalue weighted by atomic mass is 16.5. The molecular formula is C14H21N3O3. The molecule has 1 aromatic rings. The van der Waals surface area contributed by atoms with Crippen molar-refractivity contribution in [2.45, 2.75) is 13.0 Å². The lowest BCUT2D eigenvalue weighted by Gasteiger charge is -2.11. The molecule has 0 fully saturated rings. The van der Waals surface area contributed by atoms with E-state index in [1.54, 1.807) is 26.2 Å². The highest BCUT2D eigenvalue weighted by Crippen LogP contribution is 2.11. The monoisotopic (exact) mass is 279 g/mol. The number of carbonyl (C=O) groups excluding carboxylic acids is 2. The van der Waals surface area contributed by atoms with E-state index in [1.165, 1.54) is 4.90 Å². The summed E-state index contributed by atoms with van der Waals surface area (Å²) in [5.41, 5.74) is 6.49. The van der Waals surface area contributed by atoms with E-state index in [4.69, 9.17) is 10.5 Å². The number of carbonyl (C=O) groups is 2. The fourth-order valence-electron chi connectivity index (χ4n) is 1.45. The topological polar surface area (TPSA) is 84.7 Å². The first-order valence-corrected chi connectivity index (χ1v) is 6.41. The molecule has 0 radical (unpaired) electrons. The van der Waals surface area contributed by atoms with Crippen LogP contribution in [-0.4, -0.2) is 44.0 Å². The maximum Gasteiger partial charge on any atom is 0.257 e. The third kappa shape index (κ3) is 5.71. The lowest BCUT2D eigenvalue weighted by Crippen LogP contribution is -2.33. The molecule has 20 heavy (non-hydrogen) atoms. The Kier molecular flexibility index (Phi) is 6.52. The van der Waals surface area contributed by atoms with Gasteiger partial charge in [0.15, 0.2) is 6.61 Å². The van der Waals surface area contributed by atoms with Gasteiger partial charge < -0.3 is 20.7 Å². The molecule has 1 aromatic carbocycles. The van der Waals surface area contributed by atoms with Crippen LogP contribution in [0.5, 0.6) is 5.75 Å². The zero-order chi connectivity index (χ0) is 15.0. The van der Waals surface area contributed by atoms with Gasteiger partial charge in [0.05, 0.1) is 0 Å². The Hall–Kier alpha value is -2.08. The lowest BCUT2D eigenvalue weighted by atomic mass is 10.2. The van der Waals surface area contributed by atoms with Gasteiger partial charge in [-0.25, -0.2) is 0 Å². The van der Waals surface area contributed by atoms with Gasteiger partial charge in [-0.2, -0.15) is 0 Å². The normalized spacial score (nSPS) is 9.95. The molecule has 110 valence electrons. The zero-order valence-electron chi connectivity index (χ0n) is 11.9. The molecule has 0 aliphatic carbocycles. The van der Waals surface area contributed by atoms with E-state index in [9.17, 15) is 9.59 Å². The number of nitrogens with zero attached hydrogens (tertiary/aromatic N) is 1. The third-order valence-corrected chi connectivity index (χ3v) is 2.69. The van der Waals surface area contributed by atoms with Gasteiger partial charge in [-0.05, 0) is 17.7 Å². The van der Waals surface area contributed by atoms with Crippen molar-refractivity contribution in [1.82, 2.24) is 10.2 Å². The Morgan fingerprint density at radius 2 is 1.90 bits per heavy atom. The van der Waals surface area contributed by atoms with Crippen molar-refractivity contribution in [3.05, 3.63) is 29.8 Å². The summed E-state index contributed by atoms with van der Waals surface area (Å²) in [6.07, 6.45) is 0.282. The first-order chi connectivity index (χ1) is 9.52. The van der Waals surface area contributed by atoms with Crippen molar-refractivity contribution < 1.29 is 14.3 Å². The Morgan fingerprint density at radius 1 is 1.25 bits per heavy atom. The van der Waals surface area contributed by atoms with Crippen LogP contribution in [0.15, 0.2) is 24.3 Å². The van der Waals surface area contributed by atoms with Crippen molar-refractivity contribution in [3.8, 4) is 5.75 Å². The molecule has 0 unspecified atom stereocenters. The minimum absolute atomic E-state index is 0.0245. The van der Waals surface area contributed by atoms with Gasteiger partial charge in [0, 0.05) is 33.6 Å². The predicted octanol–water partition coefficient (Wildman–Crippen LogP) is 0.119. The summed E-state index contributed by atoms with van der Waals surface area (Å²) in [5, 5.41) is 2.63.